The largest absolute Gasteiger partial charge is 0.368 e. The fourth-order valence-electron chi connectivity index (χ4n) is 2.24. The van der Waals surface area contributed by atoms with Gasteiger partial charge in [-0.1, -0.05) is 36.4 Å². The van der Waals surface area contributed by atoms with Crippen molar-refractivity contribution in [2.45, 2.75) is 19.6 Å². The van der Waals surface area contributed by atoms with Crippen LogP contribution in [0.5, 0.6) is 0 Å². The molecule has 3 nitrogen and oxygen atoms in total. The van der Waals surface area contributed by atoms with Gasteiger partial charge >= 0.3 is 0 Å². The topological polar surface area (TPSA) is 31.0 Å². The fourth-order valence-corrected chi connectivity index (χ4v) is 2.24. The smallest absolute Gasteiger partial charge is 0.167 e. The third-order valence-corrected chi connectivity index (χ3v) is 3.48. The Morgan fingerprint density at radius 1 is 1.05 bits per heavy atom. The molecule has 116 valence electrons. The van der Waals surface area contributed by atoms with E-state index >= 15 is 0 Å². The Kier molecular flexibility index (Phi) is 4.47. The maximum atomic E-state index is 14.2. The summed E-state index contributed by atoms with van der Waals surface area (Å²) >= 11 is 0. The van der Waals surface area contributed by atoms with Crippen molar-refractivity contribution in [1.29, 1.82) is 0 Å². The van der Waals surface area contributed by atoms with Gasteiger partial charge in [0.15, 0.2) is 11.6 Å². The maximum absolute atomic E-state index is 14.2. The van der Waals surface area contributed by atoms with Crippen LogP contribution in [0, 0.1) is 11.6 Å². The summed E-state index contributed by atoms with van der Waals surface area (Å²) in [5.41, 5.74) is 2.02. The van der Waals surface area contributed by atoms with Gasteiger partial charge in [0.05, 0.1) is 13.2 Å². The van der Waals surface area contributed by atoms with E-state index in [9.17, 15) is 8.78 Å². The lowest BCUT2D eigenvalue weighted by atomic mass is 10.0. The molecule has 1 unspecified atom stereocenters. The van der Waals surface area contributed by atoms with E-state index in [0.717, 1.165) is 5.56 Å². The molecule has 1 heterocycles. The molecule has 0 bridgehead atoms. The lowest BCUT2D eigenvalue weighted by molar-refractivity contribution is -0.300. The van der Waals surface area contributed by atoms with Crippen LogP contribution in [0.1, 0.15) is 24.2 Å². The Labute approximate surface area is 127 Å². The molecule has 0 aromatic heterocycles. The highest BCUT2D eigenvalue weighted by molar-refractivity contribution is 5.65. The molecule has 5 heteroatoms. The van der Waals surface area contributed by atoms with E-state index in [2.05, 4.69) is 0 Å². The predicted octanol–water partition coefficient (Wildman–Crippen LogP) is 4.17. The SMILES string of the molecule is CCOOCc1ccc(-c2ccc(C3CO3)c(F)c2F)cc1. The van der Waals surface area contributed by atoms with Gasteiger partial charge < -0.3 is 4.74 Å². The van der Waals surface area contributed by atoms with E-state index in [-0.39, 0.29) is 17.2 Å². The fraction of sp³-hybridized carbons (Fsp3) is 0.294. The Hall–Kier alpha value is -1.82. The molecule has 3 rings (SSSR count). The molecule has 0 spiro atoms. The van der Waals surface area contributed by atoms with Gasteiger partial charge in [0.25, 0.3) is 0 Å². The van der Waals surface area contributed by atoms with Crippen LogP contribution in [0.4, 0.5) is 8.78 Å². The first kappa shape index (κ1) is 15.1. The van der Waals surface area contributed by atoms with E-state index in [1.54, 1.807) is 36.4 Å². The first-order chi connectivity index (χ1) is 10.7. The second-order valence-electron chi connectivity index (χ2n) is 5.02. The van der Waals surface area contributed by atoms with Crippen molar-refractivity contribution < 1.29 is 23.3 Å². The maximum Gasteiger partial charge on any atom is 0.167 e. The Balaban J connectivity index is 1.80. The highest BCUT2D eigenvalue weighted by Gasteiger charge is 2.30. The molecule has 0 radical (unpaired) electrons. The zero-order chi connectivity index (χ0) is 15.5. The highest BCUT2D eigenvalue weighted by Crippen LogP contribution is 2.35. The van der Waals surface area contributed by atoms with Crippen LogP contribution in [0.2, 0.25) is 0 Å². The van der Waals surface area contributed by atoms with Crippen LogP contribution in [0.3, 0.4) is 0 Å². The summed E-state index contributed by atoms with van der Waals surface area (Å²) in [5, 5.41) is 0. The molecular weight excluding hydrogens is 290 g/mol. The van der Waals surface area contributed by atoms with Crippen molar-refractivity contribution in [2.24, 2.45) is 0 Å². The minimum absolute atomic E-state index is 0.235. The van der Waals surface area contributed by atoms with E-state index < -0.39 is 11.6 Å². The minimum Gasteiger partial charge on any atom is -0.368 e. The number of rotatable bonds is 6. The van der Waals surface area contributed by atoms with Crippen molar-refractivity contribution in [3.63, 3.8) is 0 Å². The normalized spacial score (nSPS) is 16.8. The zero-order valence-electron chi connectivity index (χ0n) is 12.1. The molecule has 1 fully saturated rings. The summed E-state index contributed by atoms with van der Waals surface area (Å²) in [6, 6.07) is 10.2. The van der Waals surface area contributed by atoms with Gasteiger partial charge in [-0.3, -0.25) is 0 Å². The van der Waals surface area contributed by atoms with Gasteiger partial charge in [-0.2, -0.15) is 0 Å². The molecule has 0 N–H and O–H groups in total. The number of hydrogen-bond acceptors (Lipinski definition) is 3. The molecule has 0 aliphatic carbocycles. The van der Waals surface area contributed by atoms with Gasteiger partial charge in [-0.05, 0) is 18.1 Å². The average molecular weight is 306 g/mol. The van der Waals surface area contributed by atoms with E-state index in [1.165, 1.54) is 0 Å². The van der Waals surface area contributed by atoms with Gasteiger partial charge in [-0.15, -0.1) is 0 Å². The molecule has 2 aromatic rings. The average Bonchev–Trinajstić information content (AvgIpc) is 3.36. The van der Waals surface area contributed by atoms with Crippen molar-refractivity contribution in [3.8, 4) is 11.1 Å². The molecule has 2 aromatic carbocycles. The Morgan fingerprint density at radius 2 is 1.77 bits per heavy atom. The molecule has 0 amide bonds. The summed E-state index contributed by atoms with van der Waals surface area (Å²) in [7, 11) is 0. The van der Waals surface area contributed by atoms with Crippen LogP contribution in [0.15, 0.2) is 36.4 Å². The van der Waals surface area contributed by atoms with Crippen LogP contribution in [-0.4, -0.2) is 13.2 Å². The number of hydrogen-bond donors (Lipinski definition) is 0. The summed E-state index contributed by atoms with van der Waals surface area (Å²) in [5.74, 6) is -1.67. The standard InChI is InChI=1S/C17H16F2O3/c1-2-21-22-9-11-3-5-12(6-4-11)13-7-8-14(15-10-20-15)17(19)16(13)18/h3-8,15H,2,9-10H2,1H3. The van der Waals surface area contributed by atoms with Crippen molar-refractivity contribution >= 4 is 0 Å². The lowest BCUT2D eigenvalue weighted by Crippen LogP contribution is -1.97. The summed E-state index contributed by atoms with van der Waals surface area (Å²) in [4.78, 5) is 9.77. The molecular formula is C17H16F2O3. The lowest BCUT2D eigenvalue weighted by Gasteiger charge is -2.08. The van der Waals surface area contributed by atoms with Crippen molar-refractivity contribution in [3.05, 3.63) is 59.2 Å². The van der Waals surface area contributed by atoms with E-state index in [1.807, 2.05) is 6.92 Å². The van der Waals surface area contributed by atoms with Gasteiger partial charge in [0, 0.05) is 11.1 Å². The quantitative estimate of drug-likeness (QED) is 0.347. The molecule has 22 heavy (non-hydrogen) atoms. The van der Waals surface area contributed by atoms with Crippen LogP contribution in [0.25, 0.3) is 11.1 Å². The third-order valence-electron chi connectivity index (χ3n) is 3.48. The van der Waals surface area contributed by atoms with Gasteiger partial charge in [0.1, 0.15) is 12.7 Å². The molecule has 1 atom stereocenters. The Morgan fingerprint density at radius 3 is 2.41 bits per heavy atom. The number of ether oxygens (including phenoxy) is 1. The number of halogens is 2. The second kappa shape index (κ2) is 6.52. The van der Waals surface area contributed by atoms with Gasteiger partial charge in [-0.25, -0.2) is 18.6 Å². The zero-order valence-corrected chi connectivity index (χ0v) is 12.1. The van der Waals surface area contributed by atoms with Crippen molar-refractivity contribution in [2.75, 3.05) is 13.2 Å². The third kappa shape index (κ3) is 3.16. The number of benzene rings is 2. The molecule has 1 aliphatic rings. The summed E-state index contributed by atoms with van der Waals surface area (Å²) in [6.45, 7) is 3.06. The molecule has 1 aliphatic heterocycles. The van der Waals surface area contributed by atoms with Crippen molar-refractivity contribution in [1.82, 2.24) is 0 Å². The van der Waals surface area contributed by atoms with Crippen LogP contribution in [-0.2, 0) is 21.1 Å². The van der Waals surface area contributed by atoms with Crippen LogP contribution >= 0.6 is 0 Å². The Bertz CT molecular complexity index is 652. The molecule has 0 saturated carbocycles. The van der Waals surface area contributed by atoms with E-state index in [0.29, 0.717) is 25.4 Å². The van der Waals surface area contributed by atoms with Crippen LogP contribution < -0.4 is 0 Å². The number of epoxide rings is 1. The first-order valence-electron chi connectivity index (χ1n) is 7.14. The first-order valence-corrected chi connectivity index (χ1v) is 7.14. The minimum atomic E-state index is -0.841. The van der Waals surface area contributed by atoms with E-state index in [4.69, 9.17) is 14.5 Å². The van der Waals surface area contributed by atoms with Gasteiger partial charge in [0.2, 0.25) is 0 Å². The predicted molar refractivity (Wildman–Crippen MR) is 76.9 cm³/mol. The summed E-state index contributed by atoms with van der Waals surface area (Å²) in [6.07, 6.45) is -0.304. The monoisotopic (exact) mass is 306 g/mol. The summed E-state index contributed by atoms with van der Waals surface area (Å²) < 4.78 is 33.2. The highest BCUT2D eigenvalue weighted by atomic mass is 19.2. The second-order valence-corrected chi connectivity index (χ2v) is 5.02. The molecule has 1 saturated heterocycles.